The molecule has 1 aliphatic carbocycles. The molecule has 0 spiro atoms. The van der Waals surface area contributed by atoms with Crippen molar-refractivity contribution in [1.82, 2.24) is 9.13 Å². The van der Waals surface area contributed by atoms with Gasteiger partial charge in [0.2, 0.25) is 5.91 Å². The van der Waals surface area contributed by atoms with Crippen LogP contribution in [0, 0.1) is 5.92 Å². The first-order valence-corrected chi connectivity index (χ1v) is 9.27. The first kappa shape index (κ1) is 16.9. The van der Waals surface area contributed by atoms with Crippen LogP contribution in [0.1, 0.15) is 32.1 Å². The van der Waals surface area contributed by atoms with Crippen LogP contribution in [-0.2, 0) is 18.9 Å². The highest BCUT2D eigenvalue weighted by Crippen LogP contribution is 2.34. The molecule has 1 N–H and O–H groups in total. The number of aryl methyl sites for hydroxylation is 2. The highest BCUT2D eigenvalue weighted by molar-refractivity contribution is 5.99. The molecule has 1 aromatic heterocycles. The number of nitrogens with zero attached hydrogens (tertiary/aromatic N) is 3. The maximum absolute atomic E-state index is 12.5. The smallest absolute Gasteiger partial charge is 0.316 e. The summed E-state index contributed by atoms with van der Waals surface area (Å²) in [5.74, 6) is 0.131. The van der Waals surface area contributed by atoms with Gasteiger partial charge in [-0.05, 0) is 37.8 Å². The van der Waals surface area contributed by atoms with Crippen molar-refractivity contribution in [3.8, 4) is 0 Å². The Morgan fingerprint density at radius 3 is 2.08 bits per heavy atom. The number of nitrogens with one attached hydrogen (secondary N) is 1. The molecule has 2 aromatic rings. The molecule has 1 saturated carbocycles. The fourth-order valence-electron chi connectivity index (χ4n) is 3.83. The van der Waals surface area contributed by atoms with Gasteiger partial charge in [0.05, 0.1) is 22.4 Å². The number of aromatic nitrogens is 2. The largest absolute Gasteiger partial charge is 0.370 e. The maximum Gasteiger partial charge on any atom is 0.316 e. The normalized spacial score (nSPS) is 17.5. The summed E-state index contributed by atoms with van der Waals surface area (Å²) in [5, 5.41) is 3.08. The lowest BCUT2D eigenvalue weighted by Gasteiger charge is -2.27. The van der Waals surface area contributed by atoms with Gasteiger partial charge in [0, 0.05) is 33.1 Å². The third-order valence-electron chi connectivity index (χ3n) is 5.79. The van der Waals surface area contributed by atoms with E-state index in [1.807, 2.05) is 12.1 Å². The Morgan fingerprint density at radius 1 is 0.962 bits per heavy atom. The van der Waals surface area contributed by atoms with Gasteiger partial charge in [-0.25, -0.2) is 0 Å². The van der Waals surface area contributed by atoms with E-state index in [0.717, 1.165) is 56.6 Å². The highest BCUT2D eigenvalue weighted by Gasteiger charge is 2.27. The van der Waals surface area contributed by atoms with Crippen LogP contribution in [0.2, 0.25) is 0 Å². The van der Waals surface area contributed by atoms with Crippen LogP contribution in [0.15, 0.2) is 21.7 Å². The van der Waals surface area contributed by atoms with Gasteiger partial charge >= 0.3 is 11.1 Å². The van der Waals surface area contributed by atoms with E-state index in [2.05, 4.69) is 10.2 Å². The molecule has 1 aliphatic heterocycles. The first-order valence-electron chi connectivity index (χ1n) is 9.27. The number of anilines is 2. The van der Waals surface area contributed by atoms with Crippen LogP contribution < -0.4 is 21.3 Å². The van der Waals surface area contributed by atoms with E-state index in [9.17, 15) is 14.4 Å². The van der Waals surface area contributed by atoms with Gasteiger partial charge < -0.3 is 19.4 Å². The van der Waals surface area contributed by atoms with Gasteiger partial charge in [0.15, 0.2) is 0 Å². The van der Waals surface area contributed by atoms with Gasteiger partial charge in [-0.3, -0.25) is 14.4 Å². The number of carbonyl (C=O) groups is 1. The molecule has 0 atom stereocenters. The average Bonchev–Trinajstić information content (AvgIpc) is 3.10. The average molecular weight is 356 g/mol. The predicted molar refractivity (Wildman–Crippen MR) is 102 cm³/mol. The molecule has 2 fully saturated rings. The van der Waals surface area contributed by atoms with E-state index >= 15 is 0 Å². The molecule has 26 heavy (non-hydrogen) atoms. The van der Waals surface area contributed by atoms with Crippen molar-refractivity contribution in [3.05, 3.63) is 32.8 Å². The quantitative estimate of drug-likeness (QED) is 0.847. The standard InChI is InChI=1S/C19H24N4O3/c1-21-15-10-13(20-17(24)12-6-5-7-12)14(23-8-3-4-9-23)11-16(15)22(2)19(26)18(21)25/h10-12H,3-9H2,1-2H3,(H,20,24). The van der Waals surface area contributed by atoms with Crippen molar-refractivity contribution in [2.45, 2.75) is 32.1 Å². The molecule has 1 aromatic carbocycles. The molecule has 1 amide bonds. The predicted octanol–water partition coefficient (Wildman–Crippen LogP) is 1.58. The number of hydrogen-bond acceptors (Lipinski definition) is 4. The van der Waals surface area contributed by atoms with Crippen molar-refractivity contribution >= 4 is 28.3 Å². The minimum Gasteiger partial charge on any atom is -0.370 e. The summed E-state index contributed by atoms with van der Waals surface area (Å²) in [6.45, 7) is 1.86. The third-order valence-corrected chi connectivity index (χ3v) is 5.79. The molecule has 0 bridgehead atoms. The summed E-state index contributed by atoms with van der Waals surface area (Å²) in [4.78, 5) is 39.1. The number of hydrogen-bond donors (Lipinski definition) is 1. The lowest BCUT2D eigenvalue weighted by atomic mass is 9.85. The van der Waals surface area contributed by atoms with Gasteiger partial charge in [0.25, 0.3) is 0 Å². The Bertz CT molecular complexity index is 994. The van der Waals surface area contributed by atoms with Gasteiger partial charge in [-0.1, -0.05) is 6.42 Å². The maximum atomic E-state index is 12.5. The van der Waals surface area contributed by atoms with Crippen LogP contribution >= 0.6 is 0 Å². The zero-order chi connectivity index (χ0) is 18.4. The Morgan fingerprint density at radius 2 is 1.54 bits per heavy atom. The van der Waals surface area contributed by atoms with E-state index in [4.69, 9.17) is 0 Å². The van der Waals surface area contributed by atoms with E-state index < -0.39 is 11.1 Å². The Labute approximate surface area is 151 Å². The number of carbonyl (C=O) groups excluding carboxylic acids is 1. The van der Waals surface area contributed by atoms with Crippen LogP contribution in [0.4, 0.5) is 11.4 Å². The third kappa shape index (κ3) is 2.62. The number of benzene rings is 1. The second-order valence-corrected chi connectivity index (χ2v) is 7.40. The summed E-state index contributed by atoms with van der Waals surface area (Å²) in [6.07, 6.45) is 5.20. The zero-order valence-corrected chi connectivity index (χ0v) is 15.2. The molecule has 7 nitrogen and oxygen atoms in total. The Kier molecular flexibility index (Phi) is 4.09. The summed E-state index contributed by atoms with van der Waals surface area (Å²) in [5.41, 5.74) is 1.88. The summed E-state index contributed by atoms with van der Waals surface area (Å²) < 4.78 is 2.76. The topological polar surface area (TPSA) is 76.3 Å². The Balaban J connectivity index is 1.89. The SMILES string of the molecule is Cn1c(=O)c(=O)n(C)c2cc(N3CCCC3)c(NC(=O)C3CCC3)cc21. The summed E-state index contributed by atoms with van der Waals surface area (Å²) >= 11 is 0. The minimum absolute atomic E-state index is 0.0471. The molecule has 2 aliphatic rings. The van der Waals surface area contributed by atoms with Crippen LogP contribution in [-0.4, -0.2) is 28.1 Å². The van der Waals surface area contributed by atoms with Gasteiger partial charge in [0.1, 0.15) is 0 Å². The molecule has 2 heterocycles. The summed E-state index contributed by atoms with van der Waals surface area (Å²) in [6, 6.07) is 3.76. The molecule has 138 valence electrons. The fourth-order valence-corrected chi connectivity index (χ4v) is 3.83. The number of rotatable bonds is 3. The molecule has 0 radical (unpaired) electrons. The van der Waals surface area contributed by atoms with Crippen LogP contribution in [0.25, 0.3) is 11.0 Å². The molecule has 0 unspecified atom stereocenters. The van der Waals surface area contributed by atoms with Gasteiger partial charge in [-0.15, -0.1) is 0 Å². The van der Waals surface area contributed by atoms with Crippen molar-refractivity contribution in [2.75, 3.05) is 23.3 Å². The molecular formula is C19H24N4O3. The minimum atomic E-state index is -0.565. The second-order valence-electron chi connectivity index (χ2n) is 7.40. The lowest BCUT2D eigenvalue weighted by molar-refractivity contribution is -0.122. The fraction of sp³-hybridized carbons (Fsp3) is 0.526. The first-order chi connectivity index (χ1) is 12.5. The van der Waals surface area contributed by atoms with Crippen LogP contribution in [0.5, 0.6) is 0 Å². The molecule has 7 heteroatoms. The van der Waals surface area contributed by atoms with Crippen LogP contribution in [0.3, 0.4) is 0 Å². The van der Waals surface area contributed by atoms with Crippen molar-refractivity contribution in [1.29, 1.82) is 0 Å². The van der Waals surface area contributed by atoms with E-state index in [1.165, 1.54) is 9.13 Å². The zero-order valence-electron chi connectivity index (χ0n) is 15.2. The van der Waals surface area contributed by atoms with Crippen molar-refractivity contribution < 1.29 is 4.79 Å². The van der Waals surface area contributed by atoms with Crippen molar-refractivity contribution in [2.24, 2.45) is 20.0 Å². The van der Waals surface area contributed by atoms with E-state index in [1.54, 1.807) is 14.1 Å². The monoisotopic (exact) mass is 356 g/mol. The molecule has 1 saturated heterocycles. The molecular weight excluding hydrogens is 332 g/mol. The lowest BCUT2D eigenvalue weighted by Crippen LogP contribution is -2.39. The van der Waals surface area contributed by atoms with E-state index in [-0.39, 0.29) is 11.8 Å². The highest BCUT2D eigenvalue weighted by atomic mass is 16.2. The number of amides is 1. The number of fused-ring (bicyclic) bond motifs is 1. The Hall–Kier alpha value is -2.57. The summed E-state index contributed by atoms with van der Waals surface area (Å²) in [7, 11) is 3.21. The second kappa shape index (κ2) is 6.30. The van der Waals surface area contributed by atoms with Gasteiger partial charge in [-0.2, -0.15) is 0 Å². The molecule has 4 rings (SSSR count). The van der Waals surface area contributed by atoms with E-state index in [0.29, 0.717) is 11.0 Å². The van der Waals surface area contributed by atoms with Crippen molar-refractivity contribution in [3.63, 3.8) is 0 Å².